The molecule has 1 atom stereocenters. The number of amides is 1. The third-order valence-electron chi connectivity index (χ3n) is 4.30. The number of allylic oxidation sites excluding steroid dienone is 6. The zero-order valence-corrected chi connectivity index (χ0v) is 18.5. The van der Waals surface area contributed by atoms with E-state index in [9.17, 15) is 9.59 Å². The largest absolute Gasteiger partial charge is 0.480 e. The molecule has 0 spiro atoms. The summed E-state index contributed by atoms with van der Waals surface area (Å²) in [6.07, 6.45) is 25.7. The van der Waals surface area contributed by atoms with Crippen molar-refractivity contribution >= 4 is 23.6 Å². The molecule has 0 bridgehead atoms. The fourth-order valence-electron chi connectivity index (χ4n) is 2.66. The van der Waals surface area contributed by atoms with Gasteiger partial charge in [-0.05, 0) is 57.0 Å². The number of hydrogen-bond donors (Lipinski definition) is 2. The highest BCUT2D eigenvalue weighted by molar-refractivity contribution is 7.98. The lowest BCUT2D eigenvalue weighted by Crippen LogP contribution is -2.41. The zero-order chi connectivity index (χ0) is 20.9. The Hall–Kier alpha value is -1.49. The second kappa shape index (κ2) is 20.2. The first-order chi connectivity index (χ1) is 13.6. The summed E-state index contributed by atoms with van der Waals surface area (Å²) in [6, 6.07) is -0.755. The van der Waals surface area contributed by atoms with Crippen LogP contribution in [0.25, 0.3) is 0 Å². The highest BCUT2D eigenvalue weighted by atomic mass is 32.2. The van der Waals surface area contributed by atoms with Gasteiger partial charge in [-0.2, -0.15) is 11.8 Å². The Balaban J connectivity index is 3.58. The highest BCUT2D eigenvalue weighted by Crippen LogP contribution is 2.08. The number of carbonyl (C=O) groups is 2. The van der Waals surface area contributed by atoms with Gasteiger partial charge in [0, 0.05) is 6.42 Å². The van der Waals surface area contributed by atoms with Crippen LogP contribution in [0, 0.1) is 0 Å². The number of carboxylic acids is 1. The summed E-state index contributed by atoms with van der Waals surface area (Å²) < 4.78 is 0. The van der Waals surface area contributed by atoms with Crippen LogP contribution in [0.5, 0.6) is 0 Å². The second-order valence-electron chi connectivity index (χ2n) is 6.84. The molecule has 0 radical (unpaired) electrons. The van der Waals surface area contributed by atoms with E-state index < -0.39 is 12.0 Å². The topological polar surface area (TPSA) is 66.4 Å². The average Bonchev–Trinajstić information content (AvgIpc) is 2.67. The first-order valence-electron chi connectivity index (χ1n) is 10.6. The molecule has 1 unspecified atom stereocenters. The van der Waals surface area contributed by atoms with Gasteiger partial charge >= 0.3 is 5.97 Å². The maximum atomic E-state index is 11.9. The average molecular weight is 410 g/mol. The van der Waals surface area contributed by atoms with E-state index in [0.29, 0.717) is 12.8 Å². The van der Waals surface area contributed by atoms with Gasteiger partial charge < -0.3 is 10.4 Å². The van der Waals surface area contributed by atoms with Gasteiger partial charge in [0.2, 0.25) is 5.91 Å². The van der Waals surface area contributed by atoms with Gasteiger partial charge in [0.05, 0.1) is 0 Å². The fourth-order valence-corrected chi connectivity index (χ4v) is 3.14. The van der Waals surface area contributed by atoms with Crippen LogP contribution in [0.4, 0.5) is 0 Å². The predicted octanol–water partition coefficient (Wildman–Crippen LogP) is 5.90. The Kier molecular flexibility index (Phi) is 19.2. The lowest BCUT2D eigenvalue weighted by atomic mass is 10.1. The quantitative estimate of drug-likeness (QED) is 0.218. The SMILES string of the molecule is CC/C=C\C/C=C\C/C=C\CCCCCCCC(=O)NC(CCSC)C(=O)O. The highest BCUT2D eigenvalue weighted by Gasteiger charge is 2.18. The molecule has 5 heteroatoms. The van der Waals surface area contributed by atoms with E-state index in [-0.39, 0.29) is 5.91 Å². The molecule has 0 saturated carbocycles. The van der Waals surface area contributed by atoms with Crippen molar-refractivity contribution in [3.63, 3.8) is 0 Å². The molecule has 160 valence electrons. The van der Waals surface area contributed by atoms with Crippen LogP contribution in [0.3, 0.4) is 0 Å². The van der Waals surface area contributed by atoms with Crippen LogP contribution in [-0.4, -0.2) is 35.0 Å². The summed E-state index contributed by atoms with van der Waals surface area (Å²) in [5.74, 6) is -0.355. The third-order valence-corrected chi connectivity index (χ3v) is 4.94. The number of carbonyl (C=O) groups excluding carboxylic acids is 1. The van der Waals surface area contributed by atoms with Crippen molar-refractivity contribution in [3.8, 4) is 0 Å². The number of thioether (sulfide) groups is 1. The number of unbranched alkanes of at least 4 members (excludes halogenated alkanes) is 5. The lowest BCUT2D eigenvalue weighted by molar-refractivity contribution is -0.141. The minimum atomic E-state index is -0.945. The van der Waals surface area contributed by atoms with Crippen molar-refractivity contribution in [3.05, 3.63) is 36.5 Å². The zero-order valence-electron chi connectivity index (χ0n) is 17.7. The summed E-state index contributed by atoms with van der Waals surface area (Å²) >= 11 is 1.59. The molecule has 0 saturated heterocycles. The van der Waals surface area contributed by atoms with Crippen LogP contribution < -0.4 is 5.32 Å². The summed E-state index contributed by atoms with van der Waals surface area (Å²) in [5, 5.41) is 11.7. The maximum absolute atomic E-state index is 11.9. The molecule has 0 fully saturated rings. The molecular weight excluding hydrogens is 370 g/mol. The van der Waals surface area contributed by atoms with Crippen molar-refractivity contribution in [2.75, 3.05) is 12.0 Å². The molecule has 0 aromatic rings. The van der Waals surface area contributed by atoms with Crippen molar-refractivity contribution in [1.82, 2.24) is 5.32 Å². The van der Waals surface area contributed by atoms with Crippen LogP contribution in [-0.2, 0) is 9.59 Å². The minimum absolute atomic E-state index is 0.144. The third kappa shape index (κ3) is 17.9. The van der Waals surface area contributed by atoms with E-state index in [1.54, 1.807) is 11.8 Å². The van der Waals surface area contributed by atoms with Gasteiger partial charge in [-0.15, -0.1) is 0 Å². The molecule has 0 aliphatic rings. The van der Waals surface area contributed by atoms with Crippen molar-refractivity contribution < 1.29 is 14.7 Å². The smallest absolute Gasteiger partial charge is 0.326 e. The van der Waals surface area contributed by atoms with Crippen LogP contribution in [0.1, 0.15) is 77.6 Å². The fraction of sp³-hybridized carbons (Fsp3) is 0.652. The molecule has 0 aliphatic carbocycles. The first kappa shape index (κ1) is 26.5. The number of aliphatic carboxylic acids is 1. The van der Waals surface area contributed by atoms with Crippen molar-refractivity contribution in [1.29, 1.82) is 0 Å². The maximum Gasteiger partial charge on any atom is 0.326 e. The molecule has 0 rings (SSSR count). The molecule has 2 N–H and O–H groups in total. The predicted molar refractivity (Wildman–Crippen MR) is 122 cm³/mol. The summed E-state index contributed by atoms with van der Waals surface area (Å²) in [5.41, 5.74) is 0. The normalized spacial score (nSPS) is 12.9. The van der Waals surface area contributed by atoms with E-state index in [1.807, 2.05) is 6.26 Å². The van der Waals surface area contributed by atoms with Crippen LogP contribution in [0.15, 0.2) is 36.5 Å². The molecule has 0 aromatic carbocycles. The Bertz CT molecular complexity index is 486. The van der Waals surface area contributed by atoms with Gasteiger partial charge in [0.15, 0.2) is 0 Å². The van der Waals surface area contributed by atoms with E-state index in [0.717, 1.165) is 50.7 Å². The Morgan fingerprint density at radius 1 is 0.929 bits per heavy atom. The molecule has 0 aliphatic heterocycles. The Labute approximate surface area is 175 Å². The van der Waals surface area contributed by atoms with E-state index in [2.05, 4.69) is 48.7 Å². The molecule has 1 amide bonds. The number of hydrogen-bond acceptors (Lipinski definition) is 3. The Morgan fingerprint density at radius 2 is 1.54 bits per heavy atom. The number of rotatable bonds is 18. The van der Waals surface area contributed by atoms with Gasteiger partial charge in [0.1, 0.15) is 6.04 Å². The number of nitrogens with one attached hydrogen (secondary N) is 1. The minimum Gasteiger partial charge on any atom is -0.480 e. The van der Waals surface area contributed by atoms with E-state index in [4.69, 9.17) is 5.11 Å². The summed E-state index contributed by atoms with van der Waals surface area (Å²) in [4.78, 5) is 23.0. The second-order valence-corrected chi connectivity index (χ2v) is 7.83. The van der Waals surface area contributed by atoms with Gasteiger partial charge in [-0.3, -0.25) is 4.79 Å². The lowest BCUT2D eigenvalue weighted by Gasteiger charge is -2.13. The Morgan fingerprint density at radius 3 is 2.18 bits per heavy atom. The molecule has 4 nitrogen and oxygen atoms in total. The summed E-state index contributed by atoms with van der Waals surface area (Å²) in [7, 11) is 0. The number of carboxylic acid groups (broad SMARTS) is 1. The van der Waals surface area contributed by atoms with E-state index in [1.165, 1.54) is 12.8 Å². The first-order valence-corrected chi connectivity index (χ1v) is 12.0. The molecule has 28 heavy (non-hydrogen) atoms. The van der Waals surface area contributed by atoms with Crippen LogP contribution in [0.2, 0.25) is 0 Å². The van der Waals surface area contributed by atoms with Gasteiger partial charge in [-0.1, -0.05) is 62.6 Å². The molecule has 0 heterocycles. The van der Waals surface area contributed by atoms with Crippen molar-refractivity contribution in [2.45, 2.75) is 83.6 Å². The van der Waals surface area contributed by atoms with Crippen molar-refractivity contribution in [2.24, 2.45) is 0 Å². The summed E-state index contributed by atoms with van der Waals surface area (Å²) in [6.45, 7) is 2.14. The molecular formula is C23H39NO3S. The monoisotopic (exact) mass is 409 g/mol. The van der Waals surface area contributed by atoms with Crippen LogP contribution >= 0.6 is 11.8 Å². The van der Waals surface area contributed by atoms with Gasteiger partial charge in [-0.25, -0.2) is 4.79 Å². The van der Waals surface area contributed by atoms with Gasteiger partial charge in [0.25, 0.3) is 0 Å². The molecule has 0 aromatic heterocycles. The standard InChI is InChI=1S/C23H39NO3S/c1-3-4-5-6-7-8-9-10-11-12-13-14-15-16-17-18-22(25)24-21(23(26)27)19-20-28-2/h4-5,7-8,10-11,21H,3,6,9,12-20H2,1-2H3,(H,24,25)(H,26,27)/b5-4-,8-7-,11-10-. The van der Waals surface area contributed by atoms with E-state index >= 15 is 0 Å².